The van der Waals surface area contributed by atoms with Crippen LogP contribution in [0.15, 0.2) is 12.3 Å². The molecule has 1 aliphatic carbocycles. The maximum Gasteiger partial charge on any atom is 0.226 e. The van der Waals surface area contributed by atoms with Gasteiger partial charge < -0.3 is 19.8 Å². The number of carbonyl (C=O) groups is 1. The van der Waals surface area contributed by atoms with Crippen molar-refractivity contribution in [2.75, 3.05) is 6.54 Å². The first kappa shape index (κ1) is 14.6. The lowest BCUT2D eigenvalue weighted by Gasteiger charge is -2.32. The van der Waals surface area contributed by atoms with E-state index in [4.69, 9.17) is 5.21 Å². The standard InChI is InChI=1S/C15H23N3O3/c19-14(16-21)12-8-13-10-18(7-6-17(13)9-12)15(20)11-4-2-1-3-5-11/h8-9,11,14,16,19,21H,1-7,10H2. The van der Waals surface area contributed by atoms with Crippen LogP contribution in [0.5, 0.6) is 0 Å². The highest BCUT2D eigenvalue weighted by Gasteiger charge is 2.28. The quantitative estimate of drug-likeness (QED) is 0.581. The summed E-state index contributed by atoms with van der Waals surface area (Å²) >= 11 is 0. The second kappa shape index (κ2) is 6.17. The lowest BCUT2D eigenvalue weighted by Crippen LogP contribution is -2.41. The zero-order chi connectivity index (χ0) is 14.8. The molecule has 2 heterocycles. The number of hydroxylamine groups is 1. The molecule has 1 unspecified atom stereocenters. The highest BCUT2D eigenvalue weighted by atomic mass is 16.5. The molecule has 116 valence electrons. The number of nitrogens with one attached hydrogen (secondary N) is 1. The molecule has 3 rings (SSSR count). The van der Waals surface area contributed by atoms with Crippen LogP contribution in [0.4, 0.5) is 0 Å². The lowest BCUT2D eigenvalue weighted by atomic mass is 9.88. The Labute approximate surface area is 124 Å². The van der Waals surface area contributed by atoms with Crippen LogP contribution in [-0.4, -0.2) is 32.2 Å². The van der Waals surface area contributed by atoms with E-state index in [1.54, 1.807) is 0 Å². The third-order valence-corrected chi connectivity index (χ3v) is 4.67. The highest BCUT2D eigenvalue weighted by molar-refractivity contribution is 5.79. The summed E-state index contributed by atoms with van der Waals surface area (Å²) in [5.74, 6) is 0.481. The third-order valence-electron chi connectivity index (χ3n) is 4.67. The van der Waals surface area contributed by atoms with E-state index in [9.17, 15) is 9.90 Å². The Bertz CT molecular complexity index is 508. The summed E-state index contributed by atoms with van der Waals surface area (Å²) in [6, 6.07) is 1.84. The van der Waals surface area contributed by atoms with Crippen LogP contribution in [0.1, 0.15) is 49.6 Å². The van der Waals surface area contributed by atoms with E-state index in [0.717, 1.165) is 31.6 Å². The number of aliphatic hydroxyl groups is 1. The number of amides is 1. The normalized spacial score (nSPS) is 21.1. The van der Waals surface area contributed by atoms with Gasteiger partial charge in [0.15, 0.2) is 6.23 Å². The van der Waals surface area contributed by atoms with E-state index in [1.807, 2.05) is 27.2 Å². The van der Waals surface area contributed by atoms with Gasteiger partial charge in [-0.15, -0.1) is 0 Å². The van der Waals surface area contributed by atoms with E-state index in [-0.39, 0.29) is 11.8 Å². The number of hydrogen-bond donors (Lipinski definition) is 3. The van der Waals surface area contributed by atoms with Gasteiger partial charge in [-0.1, -0.05) is 19.3 Å². The van der Waals surface area contributed by atoms with Gasteiger partial charge in [-0.2, -0.15) is 5.48 Å². The predicted molar refractivity (Wildman–Crippen MR) is 76.3 cm³/mol. The molecule has 1 aliphatic heterocycles. The second-order valence-electron chi connectivity index (χ2n) is 6.08. The van der Waals surface area contributed by atoms with Crippen LogP contribution in [0, 0.1) is 5.92 Å². The van der Waals surface area contributed by atoms with Gasteiger partial charge in [0.1, 0.15) is 0 Å². The van der Waals surface area contributed by atoms with E-state index in [1.165, 1.54) is 19.3 Å². The number of aliphatic hydroxyl groups excluding tert-OH is 1. The summed E-state index contributed by atoms with van der Waals surface area (Å²) < 4.78 is 2.04. The van der Waals surface area contributed by atoms with Gasteiger partial charge in [-0.3, -0.25) is 4.79 Å². The highest BCUT2D eigenvalue weighted by Crippen LogP contribution is 2.27. The molecule has 1 fully saturated rings. The van der Waals surface area contributed by atoms with Crippen molar-refractivity contribution in [3.63, 3.8) is 0 Å². The van der Waals surface area contributed by atoms with Crippen molar-refractivity contribution in [1.29, 1.82) is 0 Å². The second-order valence-corrected chi connectivity index (χ2v) is 6.08. The molecule has 2 aliphatic rings. The van der Waals surface area contributed by atoms with Crippen LogP contribution >= 0.6 is 0 Å². The number of aromatic nitrogens is 1. The van der Waals surface area contributed by atoms with Crippen LogP contribution in [-0.2, 0) is 17.9 Å². The SMILES string of the molecule is O=C(C1CCCCC1)N1CCn2cc(C(O)NO)cc2C1. The Hall–Kier alpha value is -1.37. The summed E-state index contributed by atoms with van der Waals surface area (Å²) in [7, 11) is 0. The van der Waals surface area contributed by atoms with Gasteiger partial charge in [0.2, 0.25) is 5.91 Å². The van der Waals surface area contributed by atoms with Gasteiger partial charge in [0.05, 0.1) is 6.54 Å². The average molecular weight is 293 g/mol. The molecular weight excluding hydrogens is 270 g/mol. The van der Waals surface area contributed by atoms with Crippen LogP contribution in [0.2, 0.25) is 0 Å². The molecule has 6 nitrogen and oxygen atoms in total. The first-order chi connectivity index (χ1) is 10.2. The molecule has 1 saturated carbocycles. The number of nitrogens with zero attached hydrogens (tertiary/aromatic N) is 2. The Morgan fingerprint density at radius 3 is 2.76 bits per heavy atom. The van der Waals surface area contributed by atoms with Crippen molar-refractivity contribution in [3.05, 3.63) is 23.5 Å². The number of hydrogen-bond acceptors (Lipinski definition) is 4. The molecule has 1 atom stereocenters. The maximum absolute atomic E-state index is 12.6. The van der Waals surface area contributed by atoms with E-state index < -0.39 is 6.23 Å². The molecule has 0 bridgehead atoms. The van der Waals surface area contributed by atoms with E-state index in [0.29, 0.717) is 12.1 Å². The minimum absolute atomic E-state index is 0.199. The molecule has 0 radical (unpaired) electrons. The van der Waals surface area contributed by atoms with Crippen molar-refractivity contribution in [1.82, 2.24) is 14.9 Å². The summed E-state index contributed by atoms with van der Waals surface area (Å²) in [6.07, 6.45) is 6.38. The summed E-state index contributed by atoms with van der Waals surface area (Å²) in [6.45, 7) is 2.05. The fourth-order valence-corrected chi connectivity index (χ4v) is 3.44. The Morgan fingerprint density at radius 1 is 1.29 bits per heavy atom. The first-order valence-corrected chi connectivity index (χ1v) is 7.74. The van der Waals surface area contributed by atoms with Crippen molar-refractivity contribution in [3.8, 4) is 0 Å². The minimum atomic E-state index is -1.08. The third kappa shape index (κ3) is 2.97. The molecule has 1 aromatic rings. The fraction of sp³-hybridized carbons (Fsp3) is 0.667. The molecule has 6 heteroatoms. The summed E-state index contributed by atoms with van der Waals surface area (Å²) in [4.78, 5) is 14.5. The zero-order valence-corrected chi connectivity index (χ0v) is 12.2. The van der Waals surface area contributed by atoms with Gasteiger partial charge in [-0.05, 0) is 18.9 Å². The minimum Gasteiger partial charge on any atom is -0.372 e. The van der Waals surface area contributed by atoms with Crippen LogP contribution < -0.4 is 5.48 Å². The number of rotatable bonds is 3. The molecule has 1 aromatic heterocycles. The Morgan fingerprint density at radius 2 is 2.05 bits per heavy atom. The fourth-order valence-electron chi connectivity index (χ4n) is 3.44. The Balaban J connectivity index is 1.68. The molecular formula is C15H23N3O3. The lowest BCUT2D eigenvalue weighted by molar-refractivity contribution is -0.138. The monoisotopic (exact) mass is 293 g/mol. The average Bonchev–Trinajstić information content (AvgIpc) is 2.97. The maximum atomic E-state index is 12.6. The van der Waals surface area contributed by atoms with Crippen LogP contribution in [0.3, 0.4) is 0 Å². The zero-order valence-electron chi connectivity index (χ0n) is 12.2. The van der Waals surface area contributed by atoms with Gasteiger partial charge >= 0.3 is 0 Å². The smallest absolute Gasteiger partial charge is 0.226 e. The Kier molecular flexibility index (Phi) is 4.28. The topological polar surface area (TPSA) is 77.7 Å². The molecule has 3 N–H and O–H groups in total. The van der Waals surface area contributed by atoms with Crippen LogP contribution in [0.25, 0.3) is 0 Å². The van der Waals surface area contributed by atoms with Crippen molar-refractivity contribution in [2.45, 2.75) is 51.4 Å². The van der Waals surface area contributed by atoms with Gasteiger partial charge in [0.25, 0.3) is 0 Å². The van der Waals surface area contributed by atoms with Gasteiger partial charge in [-0.25, -0.2) is 0 Å². The molecule has 21 heavy (non-hydrogen) atoms. The van der Waals surface area contributed by atoms with Crippen molar-refractivity contribution >= 4 is 5.91 Å². The first-order valence-electron chi connectivity index (χ1n) is 7.74. The van der Waals surface area contributed by atoms with Crippen molar-refractivity contribution in [2.24, 2.45) is 5.92 Å². The predicted octanol–water partition coefficient (Wildman–Crippen LogP) is 1.38. The number of carbonyl (C=O) groups excluding carboxylic acids is 1. The molecule has 0 saturated heterocycles. The van der Waals surface area contributed by atoms with Crippen molar-refractivity contribution < 1.29 is 15.1 Å². The largest absolute Gasteiger partial charge is 0.372 e. The van der Waals surface area contributed by atoms with Gasteiger partial charge in [0, 0.05) is 36.5 Å². The summed E-state index contributed by atoms with van der Waals surface area (Å²) in [5, 5.41) is 18.4. The van der Waals surface area contributed by atoms with E-state index >= 15 is 0 Å². The molecule has 1 amide bonds. The molecule has 0 aromatic carbocycles. The summed E-state index contributed by atoms with van der Waals surface area (Å²) in [5.41, 5.74) is 3.47. The van der Waals surface area contributed by atoms with E-state index in [2.05, 4.69) is 0 Å². The number of fused-ring (bicyclic) bond motifs is 1. The molecule has 0 spiro atoms.